The van der Waals surface area contributed by atoms with Crippen LogP contribution in [-0.2, 0) is 4.74 Å². The van der Waals surface area contributed by atoms with Crippen LogP contribution in [0.3, 0.4) is 0 Å². The van der Waals surface area contributed by atoms with Crippen molar-refractivity contribution in [2.75, 3.05) is 13.2 Å². The minimum absolute atomic E-state index is 0.280. The van der Waals surface area contributed by atoms with Gasteiger partial charge in [0, 0.05) is 13.2 Å². The maximum atomic E-state index is 5.68. The normalized spacial score (nSPS) is 13.0. The van der Waals surface area contributed by atoms with E-state index in [4.69, 9.17) is 10.5 Å². The highest BCUT2D eigenvalue weighted by atomic mass is 16.5. The van der Waals surface area contributed by atoms with E-state index in [9.17, 15) is 0 Å². The largest absolute Gasteiger partial charge is 0.377 e. The lowest BCUT2D eigenvalue weighted by molar-refractivity contribution is 0.0611. The number of hydrogen-bond acceptors (Lipinski definition) is 2. The van der Waals surface area contributed by atoms with Crippen molar-refractivity contribution in [3.8, 4) is 0 Å². The van der Waals surface area contributed by atoms with Crippen LogP contribution in [0.25, 0.3) is 0 Å². The summed E-state index contributed by atoms with van der Waals surface area (Å²) in [5.74, 6) is 0. The Morgan fingerprint density at radius 2 is 1.32 bits per heavy atom. The molecule has 0 spiro atoms. The van der Waals surface area contributed by atoms with Crippen LogP contribution < -0.4 is 5.73 Å². The lowest BCUT2D eigenvalue weighted by atomic mass is 10.1. The van der Waals surface area contributed by atoms with Gasteiger partial charge in [-0.05, 0) is 39.0 Å². The Kier molecular flexibility index (Phi) is 18.4. The molecule has 0 fully saturated rings. The van der Waals surface area contributed by atoms with Gasteiger partial charge in [-0.1, -0.05) is 70.4 Å². The highest BCUT2D eigenvalue weighted by Gasteiger charge is 2.04. The summed E-state index contributed by atoms with van der Waals surface area (Å²) < 4.78 is 5.57. The molecule has 0 aromatic carbocycles. The Labute approximate surface area is 139 Å². The molecule has 0 saturated heterocycles. The first-order valence-corrected chi connectivity index (χ1v) is 9.81. The molecular weight excluding hydrogens is 270 g/mol. The molecule has 2 heteroatoms. The summed E-state index contributed by atoms with van der Waals surface area (Å²) in [5.41, 5.74) is 5.68. The second-order valence-electron chi connectivity index (χ2n) is 6.33. The second kappa shape index (κ2) is 18.7. The van der Waals surface area contributed by atoms with E-state index in [2.05, 4.69) is 19.1 Å². The van der Waals surface area contributed by atoms with E-state index in [0.29, 0.717) is 6.54 Å². The lowest BCUT2D eigenvalue weighted by Gasteiger charge is -2.14. The first-order valence-electron chi connectivity index (χ1n) is 9.81. The third kappa shape index (κ3) is 16.0. The zero-order chi connectivity index (χ0) is 16.3. The molecule has 2 N–H and O–H groups in total. The summed E-state index contributed by atoms with van der Waals surface area (Å²) in [5, 5.41) is 0. The number of allylic oxidation sites excluding steroid dienone is 2. The maximum absolute atomic E-state index is 5.68. The van der Waals surface area contributed by atoms with Gasteiger partial charge >= 0.3 is 0 Å². The van der Waals surface area contributed by atoms with Crippen molar-refractivity contribution in [1.29, 1.82) is 0 Å². The molecule has 0 saturated carbocycles. The molecule has 1 unspecified atom stereocenters. The minimum atomic E-state index is 0.280. The molecule has 132 valence electrons. The standard InChI is InChI=1S/C20H41NO/c1-3-5-6-7-8-9-10-11-12-13-14-15-16-17-18-20(19-21)22-4-2/h11-12,20H,3-10,13-19,21H2,1-2H3/b12-11-. The summed E-state index contributed by atoms with van der Waals surface area (Å²) in [4.78, 5) is 0. The van der Waals surface area contributed by atoms with E-state index in [1.54, 1.807) is 0 Å². The van der Waals surface area contributed by atoms with E-state index in [1.165, 1.54) is 77.0 Å². The number of hydrogen-bond donors (Lipinski definition) is 1. The zero-order valence-corrected chi connectivity index (χ0v) is 15.3. The molecule has 0 aliphatic carbocycles. The topological polar surface area (TPSA) is 35.2 Å². The van der Waals surface area contributed by atoms with Crippen molar-refractivity contribution in [2.24, 2.45) is 5.73 Å². The van der Waals surface area contributed by atoms with Crippen LogP contribution in [0, 0.1) is 0 Å². The molecule has 0 rings (SSSR count). The van der Waals surface area contributed by atoms with Gasteiger partial charge < -0.3 is 10.5 Å². The van der Waals surface area contributed by atoms with Crippen molar-refractivity contribution in [1.82, 2.24) is 0 Å². The second-order valence-corrected chi connectivity index (χ2v) is 6.33. The highest BCUT2D eigenvalue weighted by molar-refractivity contribution is 4.81. The Balaban J connectivity index is 3.20. The third-order valence-electron chi connectivity index (χ3n) is 4.20. The lowest BCUT2D eigenvalue weighted by Crippen LogP contribution is -2.23. The van der Waals surface area contributed by atoms with E-state index in [-0.39, 0.29) is 6.10 Å². The van der Waals surface area contributed by atoms with Gasteiger partial charge in [0.05, 0.1) is 6.10 Å². The van der Waals surface area contributed by atoms with Gasteiger partial charge in [0.1, 0.15) is 0 Å². The van der Waals surface area contributed by atoms with Gasteiger partial charge in [-0.3, -0.25) is 0 Å². The Morgan fingerprint density at radius 3 is 1.86 bits per heavy atom. The fourth-order valence-electron chi connectivity index (χ4n) is 2.77. The molecule has 0 amide bonds. The molecule has 0 aliphatic heterocycles. The number of nitrogens with two attached hydrogens (primary N) is 1. The zero-order valence-electron chi connectivity index (χ0n) is 15.3. The molecule has 2 nitrogen and oxygen atoms in total. The highest BCUT2D eigenvalue weighted by Crippen LogP contribution is 2.10. The van der Waals surface area contributed by atoms with Gasteiger partial charge in [0.25, 0.3) is 0 Å². The molecule has 0 heterocycles. The summed E-state index contributed by atoms with van der Waals surface area (Å²) in [6, 6.07) is 0. The van der Waals surface area contributed by atoms with E-state index < -0.39 is 0 Å². The van der Waals surface area contributed by atoms with Crippen molar-refractivity contribution >= 4 is 0 Å². The van der Waals surface area contributed by atoms with Crippen LogP contribution in [0.1, 0.15) is 97.3 Å². The predicted octanol–water partition coefficient (Wildman–Crippen LogP) is 6.00. The summed E-state index contributed by atoms with van der Waals surface area (Å²) in [6.45, 7) is 5.76. The van der Waals surface area contributed by atoms with Crippen molar-refractivity contribution in [3.05, 3.63) is 12.2 Å². The predicted molar refractivity (Wildman–Crippen MR) is 99.3 cm³/mol. The van der Waals surface area contributed by atoms with Crippen LogP contribution in [0.5, 0.6) is 0 Å². The van der Waals surface area contributed by atoms with Crippen LogP contribution in [-0.4, -0.2) is 19.3 Å². The summed E-state index contributed by atoms with van der Waals surface area (Å²) in [6.07, 6.45) is 22.3. The van der Waals surface area contributed by atoms with E-state index in [0.717, 1.165) is 13.0 Å². The van der Waals surface area contributed by atoms with Crippen molar-refractivity contribution in [3.63, 3.8) is 0 Å². The third-order valence-corrected chi connectivity index (χ3v) is 4.20. The van der Waals surface area contributed by atoms with Gasteiger partial charge in [0.15, 0.2) is 0 Å². The van der Waals surface area contributed by atoms with Crippen LogP contribution in [0.4, 0.5) is 0 Å². The average Bonchev–Trinajstić information content (AvgIpc) is 2.54. The monoisotopic (exact) mass is 311 g/mol. The molecule has 0 bridgehead atoms. The number of rotatable bonds is 17. The molecule has 22 heavy (non-hydrogen) atoms. The smallest absolute Gasteiger partial charge is 0.0697 e. The first-order chi connectivity index (χ1) is 10.8. The Morgan fingerprint density at radius 1 is 0.773 bits per heavy atom. The SMILES string of the molecule is CCCCCCCC/C=C\CCCCCCC(CN)OCC. The van der Waals surface area contributed by atoms with E-state index in [1.807, 2.05) is 6.92 Å². The fourth-order valence-corrected chi connectivity index (χ4v) is 2.77. The first kappa shape index (κ1) is 21.7. The number of unbranched alkanes of at least 4 members (excludes halogenated alkanes) is 10. The molecular formula is C20H41NO. The molecule has 0 aromatic rings. The average molecular weight is 312 g/mol. The Bertz CT molecular complexity index is 228. The van der Waals surface area contributed by atoms with Gasteiger partial charge in [-0.15, -0.1) is 0 Å². The summed E-state index contributed by atoms with van der Waals surface area (Å²) >= 11 is 0. The molecule has 0 aliphatic rings. The summed E-state index contributed by atoms with van der Waals surface area (Å²) in [7, 11) is 0. The number of ether oxygens (including phenoxy) is 1. The van der Waals surface area contributed by atoms with Gasteiger partial charge in [-0.25, -0.2) is 0 Å². The van der Waals surface area contributed by atoms with Crippen LogP contribution in [0.15, 0.2) is 12.2 Å². The Hall–Kier alpha value is -0.340. The van der Waals surface area contributed by atoms with Crippen molar-refractivity contribution in [2.45, 2.75) is 103 Å². The molecule has 0 aromatic heterocycles. The van der Waals surface area contributed by atoms with Gasteiger partial charge in [0.2, 0.25) is 0 Å². The molecule has 0 radical (unpaired) electrons. The maximum Gasteiger partial charge on any atom is 0.0697 e. The van der Waals surface area contributed by atoms with Crippen LogP contribution in [0.2, 0.25) is 0 Å². The fraction of sp³-hybridized carbons (Fsp3) is 0.900. The quantitative estimate of drug-likeness (QED) is 0.264. The molecule has 1 atom stereocenters. The minimum Gasteiger partial charge on any atom is -0.377 e. The van der Waals surface area contributed by atoms with E-state index >= 15 is 0 Å². The van der Waals surface area contributed by atoms with Crippen molar-refractivity contribution < 1.29 is 4.74 Å². The van der Waals surface area contributed by atoms with Crippen LogP contribution >= 0.6 is 0 Å². The van der Waals surface area contributed by atoms with Gasteiger partial charge in [-0.2, -0.15) is 0 Å².